The zero-order valence-corrected chi connectivity index (χ0v) is 21.6. The predicted octanol–water partition coefficient (Wildman–Crippen LogP) is 3.88. The van der Waals surface area contributed by atoms with Crippen LogP contribution in [-0.4, -0.2) is 61.2 Å². The van der Waals surface area contributed by atoms with Gasteiger partial charge in [-0.05, 0) is 66.3 Å². The fourth-order valence-electron chi connectivity index (χ4n) is 5.00. The van der Waals surface area contributed by atoms with Crippen molar-refractivity contribution in [3.8, 4) is 0 Å². The molecule has 36 heavy (non-hydrogen) atoms. The molecule has 4 aromatic rings. The van der Waals surface area contributed by atoms with E-state index in [4.69, 9.17) is 0 Å². The SMILES string of the molecule is CCC(C)(C)n1nnnc1[C@H](c1cc2ccc(C)cc2[nH]c1=O)N1CCN(Cc2ccccc2)CC1. The molecule has 0 spiro atoms. The molecule has 1 saturated heterocycles. The molecule has 0 bridgehead atoms. The van der Waals surface area contributed by atoms with E-state index < -0.39 is 0 Å². The lowest BCUT2D eigenvalue weighted by Gasteiger charge is -2.39. The second-order valence-corrected chi connectivity index (χ2v) is 10.5. The van der Waals surface area contributed by atoms with E-state index in [1.165, 1.54) is 5.56 Å². The van der Waals surface area contributed by atoms with Crippen LogP contribution in [0.4, 0.5) is 0 Å². The minimum Gasteiger partial charge on any atom is -0.322 e. The molecule has 2 aromatic carbocycles. The Hall–Kier alpha value is -3.36. The highest BCUT2D eigenvalue weighted by atomic mass is 16.1. The Bertz CT molecular complexity index is 1380. The van der Waals surface area contributed by atoms with Gasteiger partial charge in [-0.2, -0.15) is 0 Å². The average molecular weight is 486 g/mol. The summed E-state index contributed by atoms with van der Waals surface area (Å²) in [5, 5.41) is 14.0. The van der Waals surface area contributed by atoms with Gasteiger partial charge in [0.25, 0.3) is 5.56 Å². The number of hydrogen-bond acceptors (Lipinski definition) is 6. The van der Waals surface area contributed by atoms with E-state index in [0.29, 0.717) is 5.56 Å². The number of H-pyrrole nitrogens is 1. The molecule has 0 aliphatic carbocycles. The Morgan fingerprint density at radius 3 is 2.50 bits per heavy atom. The summed E-state index contributed by atoms with van der Waals surface area (Å²) in [6, 6.07) is 18.4. The highest BCUT2D eigenvalue weighted by Gasteiger charge is 2.35. The molecule has 0 amide bonds. The van der Waals surface area contributed by atoms with Crippen molar-refractivity contribution in [3.63, 3.8) is 0 Å². The van der Waals surface area contributed by atoms with Gasteiger partial charge in [0.1, 0.15) is 6.04 Å². The number of tetrazole rings is 1. The van der Waals surface area contributed by atoms with Crippen molar-refractivity contribution in [2.24, 2.45) is 0 Å². The molecular weight excluding hydrogens is 450 g/mol. The van der Waals surface area contributed by atoms with E-state index in [9.17, 15) is 4.79 Å². The highest BCUT2D eigenvalue weighted by molar-refractivity contribution is 5.79. The van der Waals surface area contributed by atoms with Gasteiger partial charge < -0.3 is 4.98 Å². The molecule has 2 aromatic heterocycles. The van der Waals surface area contributed by atoms with Crippen molar-refractivity contribution < 1.29 is 0 Å². The van der Waals surface area contributed by atoms with Gasteiger partial charge in [-0.3, -0.25) is 14.6 Å². The molecule has 5 rings (SSSR count). The van der Waals surface area contributed by atoms with Crippen LogP contribution in [0.2, 0.25) is 0 Å². The van der Waals surface area contributed by atoms with Crippen LogP contribution in [0.15, 0.2) is 59.4 Å². The first kappa shape index (κ1) is 24.3. The normalized spacial score (nSPS) is 16.4. The van der Waals surface area contributed by atoms with Gasteiger partial charge in [0.15, 0.2) is 5.82 Å². The molecular formula is C28H35N7O. The zero-order valence-electron chi connectivity index (χ0n) is 21.6. The van der Waals surface area contributed by atoms with Crippen molar-refractivity contribution >= 4 is 10.9 Å². The molecule has 8 nitrogen and oxygen atoms in total. The van der Waals surface area contributed by atoms with E-state index in [-0.39, 0.29) is 17.1 Å². The molecule has 3 heterocycles. The Balaban J connectivity index is 1.52. The molecule has 8 heteroatoms. The van der Waals surface area contributed by atoms with E-state index in [1.54, 1.807) is 0 Å². The Kier molecular flexibility index (Phi) is 6.73. The average Bonchev–Trinajstić information content (AvgIpc) is 3.37. The maximum Gasteiger partial charge on any atom is 0.253 e. The molecule has 1 atom stereocenters. The van der Waals surface area contributed by atoms with Gasteiger partial charge in [0.2, 0.25) is 0 Å². The van der Waals surface area contributed by atoms with Crippen LogP contribution >= 0.6 is 0 Å². The second kappa shape index (κ2) is 9.95. The number of fused-ring (bicyclic) bond motifs is 1. The van der Waals surface area contributed by atoms with Gasteiger partial charge in [-0.25, -0.2) is 4.68 Å². The third-order valence-electron chi connectivity index (χ3n) is 7.52. The quantitative estimate of drug-likeness (QED) is 0.428. The van der Waals surface area contributed by atoms with Crippen molar-refractivity contribution in [1.82, 2.24) is 35.0 Å². The van der Waals surface area contributed by atoms with Gasteiger partial charge >= 0.3 is 0 Å². The first-order chi connectivity index (χ1) is 17.4. The van der Waals surface area contributed by atoms with E-state index in [1.807, 2.05) is 23.7 Å². The molecule has 1 fully saturated rings. The fraction of sp³-hybridized carbons (Fsp3) is 0.429. The van der Waals surface area contributed by atoms with Crippen molar-refractivity contribution in [3.05, 3.63) is 87.5 Å². The van der Waals surface area contributed by atoms with Crippen LogP contribution < -0.4 is 5.56 Å². The van der Waals surface area contributed by atoms with Crippen LogP contribution in [0.1, 0.15) is 55.7 Å². The summed E-state index contributed by atoms with van der Waals surface area (Å²) >= 11 is 0. The summed E-state index contributed by atoms with van der Waals surface area (Å²) in [6.07, 6.45) is 0.871. The first-order valence-electron chi connectivity index (χ1n) is 12.8. The number of hydrogen-bond donors (Lipinski definition) is 1. The Morgan fingerprint density at radius 2 is 1.78 bits per heavy atom. The number of aryl methyl sites for hydroxylation is 1. The van der Waals surface area contributed by atoms with E-state index in [2.05, 4.69) is 93.5 Å². The summed E-state index contributed by atoms with van der Waals surface area (Å²) in [5.74, 6) is 0.718. The maximum atomic E-state index is 13.5. The lowest BCUT2D eigenvalue weighted by atomic mass is 9.98. The number of nitrogens with zero attached hydrogens (tertiary/aromatic N) is 6. The van der Waals surface area contributed by atoms with E-state index in [0.717, 1.165) is 61.4 Å². The van der Waals surface area contributed by atoms with Crippen LogP contribution in [0, 0.1) is 6.92 Å². The van der Waals surface area contributed by atoms with Crippen LogP contribution in [0.3, 0.4) is 0 Å². The topological polar surface area (TPSA) is 82.9 Å². The summed E-state index contributed by atoms with van der Waals surface area (Å²) < 4.78 is 1.91. The second-order valence-electron chi connectivity index (χ2n) is 10.5. The monoisotopic (exact) mass is 485 g/mol. The third kappa shape index (κ3) is 4.83. The number of nitrogens with one attached hydrogen (secondary N) is 1. The summed E-state index contributed by atoms with van der Waals surface area (Å²) in [6.45, 7) is 12.8. The predicted molar refractivity (Wildman–Crippen MR) is 142 cm³/mol. The highest BCUT2D eigenvalue weighted by Crippen LogP contribution is 2.31. The molecule has 0 saturated carbocycles. The standard InChI is InChI=1S/C28H35N7O/c1-5-28(3,4)35-26(30-31-32-35)25(23-18-22-12-11-20(2)17-24(22)29-27(23)36)34-15-13-33(14-16-34)19-21-9-7-6-8-10-21/h6-12,17-18,25H,5,13-16,19H2,1-4H3,(H,29,36)/t25-/m0/s1. The van der Waals surface area contributed by atoms with Gasteiger partial charge in [-0.1, -0.05) is 49.4 Å². The molecule has 1 aliphatic heterocycles. The molecule has 1 aliphatic rings. The van der Waals surface area contributed by atoms with Gasteiger partial charge in [0.05, 0.1) is 5.54 Å². The molecule has 0 unspecified atom stereocenters. The number of rotatable bonds is 7. The van der Waals surface area contributed by atoms with E-state index >= 15 is 0 Å². The number of pyridine rings is 1. The van der Waals surface area contributed by atoms with Gasteiger partial charge in [-0.15, -0.1) is 5.10 Å². The minimum absolute atomic E-state index is 0.0892. The lowest BCUT2D eigenvalue weighted by molar-refractivity contribution is 0.0968. The maximum absolute atomic E-state index is 13.5. The van der Waals surface area contributed by atoms with Crippen molar-refractivity contribution in [2.45, 2.75) is 52.2 Å². The largest absolute Gasteiger partial charge is 0.322 e. The van der Waals surface area contributed by atoms with Crippen molar-refractivity contribution in [2.75, 3.05) is 26.2 Å². The Labute approximate surface area is 211 Å². The first-order valence-corrected chi connectivity index (χ1v) is 12.8. The molecule has 1 N–H and O–H groups in total. The smallest absolute Gasteiger partial charge is 0.253 e. The summed E-state index contributed by atoms with van der Waals surface area (Å²) in [4.78, 5) is 21.4. The lowest BCUT2D eigenvalue weighted by Crippen LogP contribution is -2.49. The van der Waals surface area contributed by atoms with Gasteiger partial charge in [0, 0.05) is 43.8 Å². The fourth-order valence-corrected chi connectivity index (χ4v) is 5.00. The van der Waals surface area contributed by atoms with Crippen molar-refractivity contribution in [1.29, 1.82) is 0 Å². The zero-order chi connectivity index (χ0) is 25.3. The van der Waals surface area contributed by atoms with Crippen LogP contribution in [-0.2, 0) is 12.1 Å². The number of piperazine rings is 1. The minimum atomic E-state index is -0.334. The third-order valence-corrected chi connectivity index (χ3v) is 7.52. The number of aromatic amines is 1. The van der Waals surface area contributed by atoms with Crippen LogP contribution in [0.25, 0.3) is 10.9 Å². The van der Waals surface area contributed by atoms with Crippen LogP contribution in [0.5, 0.6) is 0 Å². The summed E-state index contributed by atoms with van der Waals surface area (Å²) in [5.41, 5.74) is 3.61. The number of benzene rings is 2. The molecule has 188 valence electrons. The summed E-state index contributed by atoms with van der Waals surface area (Å²) in [7, 11) is 0. The Morgan fingerprint density at radius 1 is 1.03 bits per heavy atom. The molecule has 0 radical (unpaired) electrons. The number of aromatic nitrogens is 5.